The zero-order valence-electron chi connectivity index (χ0n) is 33.9. The van der Waals surface area contributed by atoms with Crippen molar-refractivity contribution in [1.82, 2.24) is 31.1 Å². The Hall–Kier alpha value is -3.22. The standard InChI is InChI=1S/C41H67N7O6/c1-24-21-47(22-25(2)43-24)35(52)30(27-15-9-8-10-16-27)45-37(54)46-32(38(3,4)5)36(53)48-23-41(39(6,7)40(41)17-12-18-40)20-29(48)34(51)44-28(31(49)33(42)50)19-26-13-11-14-26/h24-30,32,43H,8-23H2,1-7H3,(H2,42,50)(H,44,51)(H2,45,46,54)/t24-,25+,28?,29-,30-,32-,41?/m0/s1. The van der Waals surface area contributed by atoms with Crippen LogP contribution in [0.5, 0.6) is 0 Å². The van der Waals surface area contributed by atoms with Gasteiger partial charge in [0.25, 0.3) is 5.91 Å². The molecule has 6 rings (SSSR count). The summed E-state index contributed by atoms with van der Waals surface area (Å²) >= 11 is 0. The molecule has 7 atom stereocenters. The fourth-order valence-electron chi connectivity index (χ4n) is 11.5. The van der Waals surface area contributed by atoms with Gasteiger partial charge < -0.3 is 36.8 Å². The van der Waals surface area contributed by atoms with E-state index in [1.807, 2.05) is 25.7 Å². The van der Waals surface area contributed by atoms with E-state index < -0.39 is 53.2 Å². The summed E-state index contributed by atoms with van der Waals surface area (Å²) in [6.07, 6.45) is 11.6. The van der Waals surface area contributed by atoms with Crippen molar-refractivity contribution in [2.45, 2.75) is 168 Å². The Labute approximate surface area is 321 Å². The maximum Gasteiger partial charge on any atom is 0.316 e. The van der Waals surface area contributed by atoms with Gasteiger partial charge in [-0.2, -0.15) is 0 Å². The highest BCUT2D eigenvalue weighted by Gasteiger charge is 2.85. The summed E-state index contributed by atoms with van der Waals surface area (Å²) in [6, 6.07) is -3.97. The van der Waals surface area contributed by atoms with Crippen LogP contribution >= 0.6 is 0 Å². The molecule has 4 aliphatic carbocycles. The summed E-state index contributed by atoms with van der Waals surface area (Å²) in [5.41, 5.74) is 4.33. The van der Waals surface area contributed by atoms with Crippen molar-refractivity contribution in [2.24, 2.45) is 39.2 Å². The SMILES string of the molecule is C[C@@H]1CN(C(=O)[C@@H](NC(=O)N[C@@H](C(=O)N2CC3(C[C@H]2C(=O)NC(CC2CCC2)C(=O)C(N)=O)C(C)(C)C32CCC2)C(C)(C)C)C2CCCCC2)C[C@H](C)N1. The summed E-state index contributed by atoms with van der Waals surface area (Å²) in [6.45, 7) is 15.7. The summed E-state index contributed by atoms with van der Waals surface area (Å²) in [5, 5.41) is 12.4. The molecule has 0 aromatic heterocycles. The van der Waals surface area contributed by atoms with E-state index in [1.54, 1.807) is 4.90 Å². The lowest BCUT2D eigenvalue weighted by Gasteiger charge is -2.40. The quantitative estimate of drug-likeness (QED) is 0.201. The van der Waals surface area contributed by atoms with Crippen molar-refractivity contribution >= 4 is 35.4 Å². The number of carbonyl (C=O) groups is 6. The summed E-state index contributed by atoms with van der Waals surface area (Å²) in [5.74, 6) is -2.59. The fourth-order valence-corrected chi connectivity index (χ4v) is 11.5. The maximum atomic E-state index is 15.0. The van der Waals surface area contributed by atoms with Crippen molar-refractivity contribution in [3.05, 3.63) is 0 Å². The van der Waals surface area contributed by atoms with Gasteiger partial charge in [0.15, 0.2) is 0 Å². The first-order valence-corrected chi connectivity index (χ1v) is 20.9. The number of amides is 6. The number of hydrogen-bond acceptors (Lipinski definition) is 7. The molecule has 0 radical (unpaired) electrons. The van der Waals surface area contributed by atoms with Crippen LogP contribution in [0.15, 0.2) is 0 Å². The monoisotopic (exact) mass is 754 g/mol. The van der Waals surface area contributed by atoms with E-state index >= 15 is 0 Å². The van der Waals surface area contributed by atoms with Crippen molar-refractivity contribution in [3.63, 3.8) is 0 Å². The zero-order chi connectivity index (χ0) is 39.4. The van der Waals surface area contributed by atoms with Crippen LogP contribution in [-0.2, 0) is 24.0 Å². The number of ketones is 1. The molecule has 13 nitrogen and oxygen atoms in total. The fraction of sp³-hybridized carbons (Fsp3) is 0.854. The Morgan fingerprint density at radius 1 is 0.815 bits per heavy atom. The maximum absolute atomic E-state index is 15.0. The summed E-state index contributed by atoms with van der Waals surface area (Å²) in [4.78, 5) is 86.1. The van der Waals surface area contributed by atoms with E-state index in [4.69, 9.17) is 5.73 Å². The summed E-state index contributed by atoms with van der Waals surface area (Å²) < 4.78 is 0. The number of Topliss-reactive ketones (excluding diaryl/α,β-unsaturated/α-hetero) is 1. The third-order valence-electron chi connectivity index (χ3n) is 15.0. The lowest BCUT2D eigenvalue weighted by molar-refractivity contribution is -0.143. The average molecular weight is 754 g/mol. The molecule has 6 N–H and O–H groups in total. The molecule has 6 aliphatic rings. The lowest BCUT2D eigenvalue weighted by Crippen LogP contribution is -2.64. The first-order chi connectivity index (χ1) is 25.3. The molecule has 0 aromatic carbocycles. The largest absolute Gasteiger partial charge is 0.363 e. The van der Waals surface area contributed by atoms with Gasteiger partial charge in [0.1, 0.15) is 18.1 Å². The van der Waals surface area contributed by atoms with E-state index in [-0.39, 0.29) is 52.0 Å². The van der Waals surface area contributed by atoms with Gasteiger partial charge in [-0.3, -0.25) is 24.0 Å². The molecule has 6 amide bonds. The van der Waals surface area contributed by atoms with E-state index in [0.29, 0.717) is 32.5 Å². The van der Waals surface area contributed by atoms with Crippen LogP contribution in [0.4, 0.5) is 4.79 Å². The molecule has 4 saturated carbocycles. The minimum absolute atomic E-state index is 0.000406. The van der Waals surface area contributed by atoms with Gasteiger partial charge in [-0.15, -0.1) is 0 Å². The van der Waals surface area contributed by atoms with Gasteiger partial charge in [-0.25, -0.2) is 4.79 Å². The van der Waals surface area contributed by atoms with Crippen molar-refractivity contribution < 1.29 is 28.8 Å². The number of carbonyl (C=O) groups excluding carboxylic acids is 6. The van der Waals surface area contributed by atoms with Crippen LogP contribution in [-0.4, -0.2) is 101 Å². The van der Waals surface area contributed by atoms with Crippen LogP contribution in [0, 0.1) is 33.5 Å². The molecule has 0 bridgehead atoms. The van der Waals surface area contributed by atoms with E-state index in [9.17, 15) is 28.8 Å². The second kappa shape index (κ2) is 15.0. The molecule has 2 aliphatic heterocycles. The van der Waals surface area contributed by atoms with Gasteiger partial charge in [-0.05, 0) is 80.5 Å². The first kappa shape index (κ1) is 40.4. The highest BCUT2D eigenvalue weighted by atomic mass is 16.2. The predicted molar refractivity (Wildman–Crippen MR) is 205 cm³/mol. The van der Waals surface area contributed by atoms with E-state index in [1.165, 1.54) is 0 Å². The average Bonchev–Trinajstić information content (AvgIpc) is 3.27. The van der Waals surface area contributed by atoms with Crippen molar-refractivity contribution in [2.75, 3.05) is 19.6 Å². The Morgan fingerprint density at radius 3 is 1.94 bits per heavy atom. The van der Waals surface area contributed by atoms with E-state index in [2.05, 4.69) is 49.0 Å². The third kappa shape index (κ3) is 7.27. The Morgan fingerprint density at radius 2 is 1.44 bits per heavy atom. The third-order valence-corrected chi connectivity index (χ3v) is 15.0. The van der Waals surface area contributed by atoms with Gasteiger partial charge >= 0.3 is 6.03 Å². The number of hydrogen-bond donors (Lipinski definition) is 5. The highest BCUT2D eigenvalue weighted by molar-refractivity contribution is 6.37. The smallest absolute Gasteiger partial charge is 0.316 e. The first-order valence-electron chi connectivity index (χ1n) is 20.9. The van der Waals surface area contributed by atoms with Crippen LogP contribution in [0.3, 0.4) is 0 Å². The van der Waals surface area contributed by atoms with Crippen LogP contribution < -0.4 is 27.0 Å². The molecule has 2 heterocycles. The Kier molecular flexibility index (Phi) is 11.3. The Balaban J connectivity index is 1.24. The molecular formula is C41H67N7O6. The molecule has 2 spiro atoms. The highest BCUT2D eigenvalue weighted by Crippen LogP contribution is 2.88. The summed E-state index contributed by atoms with van der Waals surface area (Å²) in [7, 11) is 0. The molecule has 2 unspecified atom stereocenters. The number of nitrogens with two attached hydrogens (primary N) is 1. The number of likely N-dealkylation sites (tertiary alicyclic amines) is 1. The molecular weight excluding hydrogens is 686 g/mol. The topological polar surface area (TPSA) is 183 Å². The number of nitrogens with zero attached hydrogens (tertiary/aromatic N) is 2. The predicted octanol–water partition coefficient (Wildman–Crippen LogP) is 3.38. The van der Waals surface area contributed by atoms with E-state index in [0.717, 1.165) is 70.6 Å². The molecule has 54 heavy (non-hydrogen) atoms. The van der Waals surface area contributed by atoms with Gasteiger partial charge in [0.05, 0.1) is 6.04 Å². The molecule has 0 aromatic rings. The minimum atomic E-state index is -1.08. The molecule has 13 heteroatoms. The molecule has 6 fully saturated rings. The number of rotatable bonds is 11. The van der Waals surface area contributed by atoms with Gasteiger partial charge in [0.2, 0.25) is 23.5 Å². The second-order valence-electron chi connectivity index (χ2n) is 19.7. The van der Waals surface area contributed by atoms with Crippen LogP contribution in [0.25, 0.3) is 0 Å². The number of nitrogens with one attached hydrogen (secondary N) is 4. The second-order valence-corrected chi connectivity index (χ2v) is 19.7. The van der Waals surface area contributed by atoms with Gasteiger partial charge in [-0.1, -0.05) is 79.6 Å². The normalized spacial score (nSPS) is 30.8. The number of urea groups is 1. The number of primary amides is 1. The zero-order valence-corrected chi connectivity index (χ0v) is 33.9. The van der Waals surface area contributed by atoms with Crippen molar-refractivity contribution in [3.8, 4) is 0 Å². The van der Waals surface area contributed by atoms with Crippen LogP contribution in [0.1, 0.15) is 132 Å². The Bertz CT molecular complexity index is 1480. The molecule has 302 valence electrons. The molecule has 2 saturated heterocycles. The lowest BCUT2D eigenvalue weighted by atomic mass is 9.73. The van der Waals surface area contributed by atoms with Crippen LogP contribution in [0.2, 0.25) is 0 Å². The van der Waals surface area contributed by atoms with Crippen molar-refractivity contribution in [1.29, 1.82) is 0 Å². The number of piperazine rings is 1. The minimum Gasteiger partial charge on any atom is -0.363 e. The van der Waals surface area contributed by atoms with Gasteiger partial charge in [0, 0.05) is 37.1 Å². The number of fused-ring (bicyclic) bond motifs is 1.